The maximum atomic E-state index is 9.10. The second kappa shape index (κ2) is 12.6. The van der Waals surface area contributed by atoms with Crippen molar-refractivity contribution in [3.05, 3.63) is 28.3 Å². The number of rotatable bonds is 8. The predicted octanol–water partition coefficient (Wildman–Crippen LogP) is 1.85. The fourth-order valence-corrected chi connectivity index (χ4v) is 2.19. The zero-order chi connectivity index (χ0) is 18.5. The number of unbranched alkanes of at least 4 members (excludes halogenated alkanes) is 1. The summed E-state index contributed by atoms with van der Waals surface area (Å²) in [5, 5.41) is 27.2. The maximum Gasteiger partial charge on any atom is 0.414 e. The van der Waals surface area contributed by atoms with Crippen molar-refractivity contribution in [1.29, 1.82) is 0 Å². The molecule has 0 spiro atoms. The highest BCUT2D eigenvalue weighted by Crippen LogP contribution is 2.29. The molecule has 0 aliphatic rings. The van der Waals surface area contributed by atoms with Crippen LogP contribution in [0.2, 0.25) is 5.02 Å². The van der Waals surface area contributed by atoms with E-state index in [2.05, 4.69) is 11.4 Å². The van der Waals surface area contributed by atoms with Gasteiger partial charge in [-0.25, -0.2) is 9.59 Å². The van der Waals surface area contributed by atoms with Crippen molar-refractivity contribution in [3.8, 4) is 5.75 Å². The molecule has 1 aromatic carbocycles. The Labute approximate surface area is 146 Å². The number of ether oxygens (including phenoxy) is 1. The van der Waals surface area contributed by atoms with Gasteiger partial charge in [0.15, 0.2) is 0 Å². The van der Waals surface area contributed by atoms with Crippen molar-refractivity contribution in [3.63, 3.8) is 0 Å². The normalized spacial score (nSPS) is 9.83. The molecule has 24 heavy (non-hydrogen) atoms. The molecule has 0 heterocycles. The smallest absolute Gasteiger partial charge is 0.414 e. The van der Waals surface area contributed by atoms with Gasteiger partial charge in [0.25, 0.3) is 0 Å². The molecular formula is C16H24ClNO6. The van der Waals surface area contributed by atoms with E-state index in [4.69, 9.17) is 41.2 Å². The monoisotopic (exact) mass is 361 g/mol. The molecule has 0 saturated heterocycles. The number of carbonyl (C=O) groups is 2. The summed E-state index contributed by atoms with van der Waals surface area (Å²) in [5.74, 6) is -2.85. The van der Waals surface area contributed by atoms with Crippen molar-refractivity contribution < 1.29 is 29.6 Å². The summed E-state index contributed by atoms with van der Waals surface area (Å²) in [6.45, 7) is 6.46. The number of aliphatic carboxylic acids is 2. The van der Waals surface area contributed by atoms with Crippen LogP contribution in [0.25, 0.3) is 0 Å². The first-order chi connectivity index (χ1) is 11.3. The van der Waals surface area contributed by atoms with Crippen LogP contribution >= 0.6 is 11.6 Å². The topological polar surface area (TPSA) is 116 Å². The first kappa shape index (κ1) is 22.2. The summed E-state index contributed by atoms with van der Waals surface area (Å²) in [4.78, 5) is 18.2. The third-order valence-corrected chi connectivity index (χ3v) is 3.12. The van der Waals surface area contributed by atoms with E-state index in [9.17, 15) is 0 Å². The standard InChI is InChI=1S/C14H22ClNO2.C2H2O4/c1-11-9-12(2)14(13(15)10-11)18-8-4-3-5-16-6-7-17;3-1(4)2(5)6/h9-10,16-17H,3-8H2,1-2H3;(H,3,4)(H,5,6). The number of hydrogen-bond donors (Lipinski definition) is 4. The molecule has 0 aliphatic heterocycles. The van der Waals surface area contributed by atoms with Gasteiger partial charge in [0, 0.05) is 6.54 Å². The third kappa shape index (κ3) is 10.0. The number of carboxylic acid groups (broad SMARTS) is 2. The lowest BCUT2D eigenvalue weighted by molar-refractivity contribution is -0.159. The summed E-state index contributed by atoms with van der Waals surface area (Å²) in [6.07, 6.45) is 2.00. The summed E-state index contributed by atoms with van der Waals surface area (Å²) < 4.78 is 5.72. The molecule has 4 N–H and O–H groups in total. The van der Waals surface area contributed by atoms with Crippen LogP contribution < -0.4 is 10.1 Å². The quantitative estimate of drug-likeness (QED) is 0.412. The summed E-state index contributed by atoms with van der Waals surface area (Å²) >= 11 is 6.15. The highest BCUT2D eigenvalue weighted by molar-refractivity contribution is 6.32. The highest BCUT2D eigenvalue weighted by atomic mass is 35.5. The Morgan fingerprint density at radius 1 is 1.12 bits per heavy atom. The Balaban J connectivity index is 0.000000754. The summed E-state index contributed by atoms with van der Waals surface area (Å²) in [5.41, 5.74) is 2.23. The van der Waals surface area contributed by atoms with Crippen molar-refractivity contribution in [1.82, 2.24) is 5.32 Å². The number of benzene rings is 1. The van der Waals surface area contributed by atoms with Crippen molar-refractivity contribution in [2.24, 2.45) is 0 Å². The minimum Gasteiger partial charge on any atom is -0.492 e. The number of aliphatic hydroxyl groups is 1. The van der Waals surface area contributed by atoms with Crippen LogP contribution in [0.1, 0.15) is 24.0 Å². The van der Waals surface area contributed by atoms with Crippen LogP contribution in [0.5, 0.6) is 5.75 Å². The molecule has 0 unspecified atom stereocenters. The Hall–Kier alpha value is -1.83. The first-order valence-electron chi connectivity index (χ1n) is 7.47. The molecule has 0 amide bonds. The molecule has 0 saturated carbocycles. The van der Waals surface area contributed by atoms with Crippen LogP contribution in [0.15, 0.2) is 12.1 Å². The molecule has 0 atom stereocenters. The maximum absolute atomic E-state index is 9.10. The van der Waals surface area contributed by atoms with Crippen molar-refractivity contribution >= 4 is 23.5 Å². The van der Waals surface area contributed by atoms with E-state index < -0.39 is 11.9 Å². The lowest BCUT2D eigenvalue weighted by Crippen LogP contribution is -2.19. The van der Waals surface area contributed by atoms with Crippen molar-refractivity contribution in [2.45, 2.75) is 26.7 Å². The van der Waals surface area contributed by atoms with E-state index in [1.165, 1.54) is 0 Å². The van der Waals surface area contributed by atoms with Crippen LogP contribution in [0.3, 0.4) is 0 Å². The van der Waals surface area contributed by atoms with Gasteiger partial charge in [-0.05, 0) is 50.4 Å². The van der Waals surface area contributed by atoms with E-state index in [0.29, 0.717) is 18.2 Å². The molecular weight excluding hydrogens is 338 g/mol. The highest BCUT2D eigenvalue weighted by Gasteiger charge is 2.06. The fourth-order valence-electron chi connectivity index (χ4n) is 1.82. The van der Waals surface area contributed by atoms with Crippen LogP contribution in [0, 0.1) is 13.8 Å². The van der Waals surface area contributed by atoms with Gasteiger partial charge in [-0.15, -0.1) is 0 Å². The van der Waals surface area contributed by atoms with Gasteiger partial charge in [0.05, 0.1) is 18.2 Å². The molecule has 0 bridgehead atoms. The second-order valence-electron chi connectivity index (χ2n) is 5.03. The number of aliphatic hydroxyl groups excluding tert-OH is 1. The minimum atomic E-state index is -1.82. The Bertz CT molecular complexity index is 500. The number of carboxylic acids is 2. The SMILES string of the molecule is Cc1cc(C)c(OCCCCNCCO)c(Cl)c1.O=C(O)C(=O)O. The molecule has 136 valence electrons. The predicted molar refractivity (Wildman–Crippen MR) is 90.9 cm³/mol. The molecule has 0 fully saturated rings. The molecule has 1 rings (SSSR count). The van der Waals surface area contributed by atoms with Crippen LogP contribution in [0.4, 0.5) is 0 Å². The minimum absolute atomic E-state index is 0.189. The molecule has 0 aliphatic carbocycles. The molecule has 0 aromatic heterocycles. The van der Waals surface area contributed by atoms with Gasteiger partial charge >= 0.3 is 11.9 Å². The van der Waals surface area contributed by atoms with Gasteiger partial charge in [-0.2, -0.15) is 0 Å². The second-order valence-corrected chi connectivity index (χ2v) is 5.44. The molecule has 0 radical (unpaired) electrons. The Morgan fingerprint density at radius 2 is 1.75 bits per heavy atom. The number of aryl methyl sites for hydroxylation is 2. The number of nitrogens with one attached hydrogen (secondary N) is 1. The zero-order valence-electron chi connectivity index (χ0n) is 13.8. The molecule has 7 nitrogen and oxygen atoms in total. The third-order valence-electron chi connectivity index (χ3n) is 2.84. The van der Waals surface area contributed by atoms with E-state index in [1.807, 2.05) is 19.9 Å². The number of hydrogen-bond acceptors (Lipinski definition) is 5. The number of halogens is 1. The van der Waals surface area contributed by atoms with E-state index >= 15 is 0 Å². The van der Waals surface area contributed by atoms with E-state index in [1.54, 1.807) is 0 Å². The molecule has 8 heteroatoms. The lowest BCUT2D eigenvalue weighted by Gasteiger charge is -2.12. The fraction of sp³-hybridized carbons (Fsp3) is 0.500. The van der Waals surface area contributed by atoms with E-state index in [-0.39, 0.29) is 6.61 Å². The van der Waals surface area contributed by atoms with Gasteiger partial charge in [0.1, 0.15) is 5.75 Å². The zero-order valence-corrected chi connectivity index (χ0v) is 14.6. The van der Waals surface area contributed by atoms with Gasteiger partial charge in [-0.1, -0.05) is 17.7 Å². The van der Waals surface area contributed by atoms with Gasteiger partial charge in [-0.3, -0.25) is 0 Å². The first-order valence-corrected chi connectivity index (χ1v) is 7.84. The average Bonchev–Trinajstić information content (AvgIpc) is 2.49. The van der Waals surface area contributed by atoms with Crippen LogP contribution in [-0.4, -0.2) is 53.6 Å². The van der Waals surface area contributed by atoms with E-state index in [0.717, 1.165) is 36.3 Å². The largest absolute Gasteiger partial charge is 0.492 e. The molecule has 1 aromatic rings. The lowest BCUT2D eigenvalue weighted by atomic mass is 10.1. The Kier molecular flexibility index (Phi) is 11.6. The summed E-state index contributed by atoms with van der Waals surface area (Å²) in [7, 11) is 0. The Morgan fingerprint density at radius 3 is 2.25 bits per heavy atom. The van der Waals surface area contributed by atoms with Gasteiger partial charge in [0.2, 0.25) is 0 Å². The summed E-state index contributed by atoms with van der Waals surface area (Å²) in [6, 6.07) is 4.00. The van der Waals surface area contributed by atoms with Crippen molar-refractivity contribution in [2.75, 3.05) is 26.3 Å². The average molecular weight is 362 g/mol. The van der Waals surface area contributed by atoms with Crippen LogP contribution in [-0.2, 0) is 9.59 Å². The van der Waals surface area contributed by atoms with Gasteiger partial charge < -0.3 is 25.4 Å².